The molecule has 0 aliphatic heterocycles. The second kappa shape index (κ2) is 7.10. The maximum Gasteiger partial charge on any atom is 0.147 e. The van der Waals surface area contributed by atoms with Crippen molar-refractivity contribution in [2.24, 2.45) is 0 Å². The fraction of sp³-hybridized carbons (Fsp3) is 0.348. The van der Waals surface area contributed by atoms with E-state index in [-0.39, 0.29) is 16.8 Å². The number of aromatic nitrogens is 3. The van der Waals surface area contributed by atoms with Gasteiger partial charge in [-0.3, -0.25) is 4.40 Å². The number of hydrogen-bond donors (Lipinski definition) is 2. The second-order valence-electron chi connectivity index (χ2n) is 9.30. The molecule has 0 unspecified atom stereocenters. The first-order chi connectivity index (χ1) is 13.4. The summed E-state index contributed by atoms with van der Waals surface area (Å²) >= 11 is 0. The zero-order valence-corrected chi connectivity index (χ0v) is 18.0. The minimum Gasteiger partial charge on any atom is -0.398 e. The summed E-state index contributed by atoms with van der Waals surface area (Å²) in [5, 5.41) is 0.782. The van der Waals surface area contributed by atoms with Gasteiger partial charge in [-0.1, -0.05) is 20.8 Å². The average Bonchev–Trinajstić information content (AvgIpc) is 3.23. The molecule has 1 aromatic carbocycles. The van der Waals surface area contributed by atoms with Gasteiger partial charge in [-0.15, -0.1) is 0 Å². The topological polar surface area (TPSA) is 74.3 Å². The van der Waals surface area contributed by atoms with Crippen LogP contribution >= 0.6 is 0 Å². The third kappa shape index (κ3) is 3.92. The molecule has 0 atom stereocenters. The van der Waals surface area contributed by atoms with Crippen LogP contribution in [0.15, 0.2) is 48.9 Å². The SMILES string of the molecule is CC(C)(C)c1ccn2c(N)ccnc12.CC(C)(C)n1ccc2c(N)ccc(F)c21. The molecule has 0 spiro atoms. The van der Waals surface area contributed by atoms with E-state index in [1.807, 2.05) is 48.2 Å². The maximum absolute atomic E-state index is 13.7. The standard InChI is InChI=1S/C12H15FN2.C11H15N3/c1-12(2,3)15-7-6-8-10(14)5-4-9(13)11(8)15;1-11(2,3)8-5-7-14-9(12)4-6-13-10(8)14/h4-7H,14H2,1-3H3;4-7H,12H2,1-3H3. The van der Waals surface area contributed by atoms with E-state index in [4.69, 9.17) is 11.5 Å². The molecule has 0 aliphatic rings. The van der Waals surface area contributed by atoms with E-state index in [0.717, 1.165) is 16.9 Å². The Labute approximate surface area is 171 Å². The van der Waals surface area contributed by atoms with Gasteiger partial charge in [0.25, 0.3) is 0 Å². The van der Waals surface area contributed by atoms with E-state index in [2.05, 4.69) is 31.8 Å². The average molecular weight is 396 g/mol. The summed E-state index contributed by atoms with van der Waals surface area (Å²) in [6.07, 6.45) is 5.60. The molecule has 4 N–H and O–H groups in total. The number of anilines is 2. The number of fused-ring (bicyclic) bond motifs is 2. The molecule has 0 aliphatic carbocycles. The smallest absolute Gasteiger partial charge is 0.147 e. The van der Waals surface area contributed by atoms with Crippen LogP contribution in [0.1, 0.15) is 47.1 Å². The highest BCUT2D eigenvalue weighted by atomic mass is 19.1. The van der Waals surface area contributed by atoms with Gasteiger partial charge in [0.15, 0.2) is 0 Å². The van der Waals surface area contributed by atoms with E-state index < -0.39 is 0 Å². The summed E-state index contributed by atoms with van der Waals surface area (Å²) in [6, 6.07) is 8.77. The van der Waals surface area contributed by atoms with Crippen molar-refractivity contribution in [2.75, 3.05) is 11.5 Å². The Hall–Kier alpha value is -3.02. The largest absolute Gasteiger partial charge is 0.398 e. The zero-order valence-electron chi connectivity index (χ0n) is 18.0. The normalized spacial score (nSPS) is 12.2. The molecule has 0 radical (unpaired) electrons. The number of nitrogens with two attached hydrogens (primary N) is 2. The lowest BCUT2D eigenvalue weighted by molar-refractivity contribution is 0.406. The highest BCUT2D eigenvalue weighted by molar-refractivity contribution is 5.91. The number of nitrogens with zero attached hydrogens (tertiary/aromatic N) is 3. The molecule has 29 heavy (non-hydrogen) atoms. The summed E-state index contributed by atoms with van der Waals surface area (Å²) < 4.78 is 17.5. The van der Waals surface area contributed by atoms with Crippen LogP contribution in [-0.2, 0) is 11.0 Å². The Kier molecular flexibility index (Phi) is 5.07. The van der Waals surface area contributed by atoms with Crippen LogP contribution < -0.4 is 11.5 Å². The van der Waals surface area contributed by atoms with Crippen LogP contribution in [0.5, 0.6) is 0 Å². The molecule has 5 nitrogen and oxygen atoms in total. The maximum atomic E-state index is 13.7. The number of hydrogen-bond acceptors (Lipinski definition) is 3. The van der Waals surface area contributed by atoms with Gasteiger partial charge < -0.3 is 16.0 Å². The van der Waals surface area contributed by atoms with Gasteiger partial charge in [-0.2, -0.15) is 0 Å². The quantitative estimate of drug-likeness (QED) is 0.395. The third-order valence-electron chi connectivity index (χ3n) is 4.94. The predicted molar refractivity (Wildman–Crippen MR) is 120 cm³/mol. The molecule has 3 heterocycles. The summed E-state index contributed by atoms with van der Waals surface area (Å²) in [5.41, 5.74) is 15.0. The molecule has 4 aromatic rings. The van der Waals surface area contributed by atoms with Crippen LogP contribution in [0.3, 0.4) is 0 Å². The van der Waals surface area contributed by atoms with Crippen LogP contribution in [0.2, 0.25) is 0 Å². The van der Waals surface area contributed by atoms with Gasteiger partial charge >= 0.3 is 0 Å². The minimum absolute atomic E-state index is 0.107. The summed E-state index contributed by atoms with van der Waals surface area (Å²) in [4.78, 5) is 4.35. The molecule has 0 bridgehead atoms. The number of rotatable bonds is 0. The van der Waals surface area contributed by atoms with Gasteiger partial charge in [0.05, 0.1) is 5.52 Å². The zero-order chi connectivity index (χ0) is 21.6. The van der Waals surface area contributed by atoms with E-state index >= 15 is 0 Å². The van der Waals surface area contributed by atoms with Crippen molar-refractivity contribution in [3.63, 3.8) is 0 Å². The lowest BCUT2D eigenvalue weighted by Gasteiger charge is -2.22. The predicted octanol–water partition coefficient (Wildman–Crippen LogP) is 5.33. The van der Waals surface area contributed by atoms with Gasteiger partial charge in [0, 0.05) is 40.8 Å². The highest BCUT2D eigenvalue weighted by Gasteiger charge is 2.19. The van der Waals surface area contributed by atoms with Gasteiger partial charge in [-0.05, 0) is 56.5 Å². The van der Waals surface area contributed by atoms with E-state index in [1.165, 1.54) is 11.6 Å². The molecular formula is C23H30FN5. The van der Waals surface area contributed by atoms with Crippen LogP contribution in [0.25, 0.3) is 16.6 Å². The Morgan fingerprint density at radius 1 is 0.897 bits per heavy atom. The molecule has 0 fully saturated rings. The Balaban J connectivity index is 0.000000166. The first kappa shape index (κ1) is 20.7. The van der Waals surface area contributed by atoms with E-state index in [9.17, 15) is 4.39 Å². The van der Waals surface area contributed by atoms with Crippen molar-refractivity contribution < 1.29 is 4.39 Å². The van der Waals surface area contributed by atoms with Crippen molar-refractivity contribution in [2.45, 2.75) is 52.5 Å². The number of nitrogen functional groups attached to an aromatic ring is 2. The molecule has 4 rings (SSSR count). The van der Waals surface area contributed by atoms with Crippen LogP contribution in [0, 0.1) is 5.82 Å². The van der Waals surface area contributed by atoms with Crippen molar-refractivity contribution in [1.29, 1.82) is 0 Å². The van der Waals surface area contributed by atoms with Crippen LogP contribution in [-0.4, -0.2) is 14.0 Å². The van der Waals surface area contributed by atoms with Gasteiger partial charge in [0.2, 0.25) is 0 Å². The van der Waals surface area contributed by atoms with Crippen LogP contribution in [0.4, 0.5) is 15.9 Å². The van der Waals surface area contributed by atoms with Crippen molar-refractivity contribution in [3.05, 3.63) is 60.3 Å². The monoisotopic (exact) mass is 395 g/mol. The third-order valence-corrected chi connectivity index (χ3v) is 4.94. The minimum atomic E-state index is -0.223. The number of halogens is 1. The van der Waals surface area contributed by atoms with Crippen molar-refractivity contribution >= 4 is 28.1 Å². The molecule has 6 heteroatoms. The lowest BCUT2D eigenvalue weighted by Crippen LogP contribution is -2.20. The first-order valence-electron chi connectivity index (χ1n) is 9.69. The fourth-order valence-electron chi connectivity index (χ4n) is 3.41. The summed E-state index contributed by atoms with van der Waals surface area (Å²) in [5.74, 6) is 0.504. The Morgan fingerprint density at radius 3 is 2.21 bits per heavy atom. The molecule has 0 saturated carbocycles. The van der Waals surface area contributed by atoms with Gasteiger partial charge in [-0.25, -0.2) is 9.37 Å². The summed E-state index contributed by atoms with van der Waals surface area (Å²) in [7, 11) is 0. The molecule has 3 aromatic heterocycles. The molecule has 0 saturated heterocycles. The Morgan fingerprint density at radius 2 is 1.59 bits per heavy atom. The van der Waals surface area contributed by atoms with Crippen molar-refractivity contribution in [1.82, 2.24) is 14.0 Å². The number of benzene rings is 1. The molecular weight excluding hydrogens is 365 g/mol. The molecule has 0 amide bonds. The van der Waals surface area contributed by atoms with Crippen molar-refractivity contribution in [3.8, 4) is 0 Å². The van der Waals surface area contributed by atoms with Gasteiger partial charge in [0.1, 0.15) is 17.3 Å². The van der Waals surface area contributed by atoms with E-state index in [1.54, 1.807) is 18.3 Å². The highest BCUT2D eigenvalue weighted by Crippen LogP contribution is 2.29. The molecule has 154 valence electrons. The first-order valence-corrected chi connectivity index (χ1v) is 9.69. The second-order valence-corrected chi connectivity index (χ2v) is 9.30. The fourth-order valence-corrected chi connectivity index (χ4v) is 3.41. The van der Waals surface area contributed by atoms with E-state index in [0.29, 0.717) is 11.2 Å². The lowest BCUT2D eigenvalue weighted by atomic mass is 9.89. The Bertz CT molecular complexity index is 1160. The summed E-state index contributed by atoms with van der Waals surface area (Å²) in [6.45, 7) is 12.6.